The smallest absolute Gasteiger partial charge is 0.227 e. The lowest BCUT2D eigenvalue weighted by atomic mass is 10.1. The number of methoxy groups -OCH3 is 1. The third-order valence-corrected chi connectivity index (χ3v) is 3.79. The zero-order valence-electron chi connectivity index (χ0n) is 15.3. The Morgan fingerprint density at radius 1 is 1.12 bits per heavy atom. The summed E-state index contributed by atoms with van der Waals surface area (Å²) < 4.78 is 12.7. The number of aromatic nitrogens is 5. The first-order chi connectivity index (χ1) is 11.9. The van der Waals surface area contributed by atoms with Gasteiger partial charge in [-0.05, 0) is 39.8 Å². The van der Waals surface area contributed by atoms with E-state index >= 15 is 0 Å². The van der Waals surface area contributed by atoms with Gasteiger partial charge >= 0.3 is 0 Å². The molecule has 0 unspecified atom stereocenters. The zero-order chi connectivity index (χ0) is 18.0. The van der Waals surface area contributed by atoms with Crippen molar-refractivity contribution in [3.8, 4) is 17.1 Å². The normalized spacial score (nSPS) is 11.7. The summed E-state index contributed by atoms with van der Waals surface area (Å²) in [5.41, 5.74) is 0.697. The van der Waals surface area contributed by atoms with Crippen molar-refractivity contribution in [3.05, 3.63) is 41.8 Å². The Morgan fingerprint density at radius 2 is 1.88 bits per heavy atom. The van der Waals surface area contributed by atoms with Gasteiger partial charge in [-0.25, -0.2) is 9.67 Å². The van der Waals surface area contributed by atoms with E-state index < -0.39 is 0 Å². The Kier molecular flexibility index (Phi) is 4.57. The highest BCUT2D eigenvalue weighted by Crippen LogP contribution is 2.27. The van der Waals surface area contributed by atoms with Gasteiger partial charge < -0.3 is 9.26 Å². The third kappa shape index (κ3) is 3.70. The number of hydrogen-bond acceptors (Lipinski definition) is 6. The number of nitrogens with zero attached hydrogens (tertiary/aromatic N) is 5. The van der Waals surface area contributed by atoms with E-state index in [0.717, 1.165) is 23.0 Å². The van der Waals surface area contributed by atoms with Crippen LogP contribution in [-0.4, -0.2) is 32.0 Å². The second-order valence-corrected chi connectivity index (χ2v) is 6.87. The molecule has 7 heteroatoms. The van der Waals surface area contributed by atoms with Crippen LogP contribution in [0.1, 0.15) is 38.3 Å². The van der Waals surface area contributed by atoms with E-state index in [9.17, 15) is 0 Å². The van der Waals surface area contributed by atoms with E-state index in [2.05, 4.69) is 41.0 Å². The molecule has 132 valence electrons. The molecular formula is C18H23N5O2. The fourth-order valence-corrected chi connectivity index (χ4v) is 2.67. The maximum absolute atomic E-state index is 5.40. The second-order valence-electron chi connectivity index (χ2n) is 6.87. The minimum atomic E-state index is -0.117. The lowest BCUT2D eigenvalue weighted by molar-refractivity contribution is 0.335. The largest absolute Gasteiger partial charge is 0.496 e. The summed E-state index contributed by atoms with van der Waals surface area (Å²) in [6.45, 7) is 8.23. The Labute approximate surface area is 147 Å². The van der Waals surface area contributed by atoms with Crippen LogP contribution >= 0.6 is 0 Å². The molecule has 3 rings (SSSR count). The highest BCUT2D eigenvalue weighted by molar-refractivity contribution is 5.63. The molecule has 0 aliphatic heterocycles. The molecular weight excluding hydrogens is 318 g/mol. The molecule has 0 saturated carbocycles. The summed E-state index contributed by atoms with van der Waals surface area (Å²) >= 11 is 0. The van der Waals surface area contributed by atoms with Crippen molar-refractivity contribution in [3.63, 3.8) is 0 Å². The van der Waals surface area contributed by atoms with Gasteiger partial charge in [-0.1, -0.05) is 17.3 Å². The maximum Gasteiger partial charge on any atom is 0.227 e. The van der Waals surface area contributed by atoms with Crippen LogP contribution in [-0.2, 0) is 18.4 Å². The molecule has 0 radical (unpaired) electrons. The van der Waals surface area contributed by atoms with E-state index in [0.29, 0.717) is 24.6 Å². The first-order valence-electron chi connectivity index (χ1n) is 8.27. The summed E-state index contributed by atoms with van der Waals surface area (Å²) in [5.74, 6) is 3.51. The molecule has 0 aliphatic carbocycles. The van der Waals surface area contributed by atoms with Crippen molar-refractivity contribution in [1.29, 1.82) is 0 Å². The van der Waals surface area contributed by atoms with Gasteiger partial charge in [0.2, 0.25) is 11.7 Å². The first-order valence-corrected chi connectivity index (χ1v) is 8.27. The van der Waals surface area contributed by atoms with Crippen LogP contribution in [0.3, 0.4) is 0 Å². The van der Waals surface area contributed by atoms with Crippen LogP contribution in [0.5, 0.6) is 5.75 Å². The number of rotatable bonds is 5. The highest BCUT2D eigenvalue weighted by Gasteiger charge is 2.20. The van der Waals surface area contributed by atoms with Crippen molar-refractivity contribution in [1.82, 2.24) is 24.9 Å². The summed E-state index contributed by atoms with van der Waals surface area (Å²) in [6.07, 6.45) is 1.29. The van der Waals surface area contributed by atoms with Gasteiger partial charge in [0.05, 0.1) is 18.2 Å². The number of hydrogen-bond donors (Lipinski definition) is 0. The Morgan fingerprint density at radius 3 is 2.60 bits per heavy atom. The molecule has 7 nitrogen and oxygen atoms in total. The molecule has 0 aliphatic rings. The van der Waals surface area contributed by atoms with Gasteiger partial charge in [-0.15, -0.1) is 0 Å². The van der Waals surface area contributed by atoms with Gasteiger partial charge in [0, 0.05) is 12.8 Å². The van der Waals surface area contributed by atoms with E-state index in [-0.39, 0.29) is 5.54 Å². The minimum absolute atomic E-state index is 0.117. The van der Waals surface area contributed by atoms with Crippen LogP contribution < -0.4 is 4.74 Å². The fraction of sp³-hybridized carbons (Fsp3) is 0.444. The topological polar surface area (TPSA) is 78.9 Å². The zero-order valence-corrected chi connectivity index (χ0v) is 15.3. The first kappa shape index (κ1) is 17.1. The van der Waals surface area contributed by atoms with Gasteiger partial charge in [0.15, 0.2) is 0 Å². The van der Waals surface area contributed by atoms with Crippen LogP contribution in [0.4, 0.5) is 0 Å². The molecule has 1 aromatic carbocycles. The number of ether oxygens (including phenoxy) is 1. The van der Waals surface area contributed by atoms with Crippen LogP contribution in [0, 0.1) is 6.92 Å². The molecule has 0 atom stereocenters. The molecule has 2 aromatic heterocycles. The Bertz CT molecular complexity index is 860. The summed E-state index contributed by atoms with van der Waals surface area (Å²) in [4.78, 5) is 9.01. The van der Waals surface area contributed by atoms with Crippen molar-refractivity contribution < 1.29 is 9.26 Å². The fourth-order valence-electron chi connectivity index (χ4n) is 2.67. The van der Waals surface area contributed by atoms with E-state index in [1.807, 2.05) is 35.9 Å². The van der Waals surface area contributed by atoms with Gasteiger partial charge in [-0.2, -0.15) is 10.1 Å². The lowest BCUT2D eigenvalue weighted by Crippen LogP contribution is -2.26. The average Bonchev–Trinajstić information content (AvgIpc) is 3.19. The lowest BCUT2D eigenvalue weighted by Gasteiger charge is -2.20. The maximum atomic E-state index is 5.40. The molecule has 0 spiro atoms. The molecule has 2 heterocycles. The SMILES string of the molecule is COc1ccccc1-c1noc(CCc2nc(C)nn2C(C)(C)C)n1. The van der Waals surface area contributed by atoms with Gasteiger partial charge in [0.1, 0.15) is 17.4 Å². The predicted octanol–water partition coefficient (Wildman–Crippen LogP) is 3.19. The molecule has 25 heavy (non-hydrogen) atoms. The summed E-state index contributed by atoms with van der Waals surface area (Å²) in [6, 6.07) is 7.61. The van der Waals surface area contributed by atoms with Gasteiger partial charge in [0.25, 0.3) is 0 Å². The van der Waals surface area contributed by atoms with Crippen molar-refractivity contribution in [2.45, 2.75) is 46.1 Å². The number of aryl methyl sites for hydroxylation is 3. The Hall–Kier alpha value is -2.70. The van der Waals surface area contributed by atoms with Crippen LogP contribution in [0.2, 0.25) is 0 Å². The molecule has 0 amide bonds. The quantitative estimate of drug-likeness (QED) is 0.709. The van der Waals surface area contributed by atoms with Crippen LogP contribution in [0.15, 0.2) is 28.8 Å². The molecule has 0 N–H and O–H groups in total. The Balaban J connectivity index is 1.77. The van der Waals surface area contributed by atoms with E-state index in [4.69, 9.17) is 9.26 Å². The van der Waals surface area contributed by atoms with E-state index in [1.54, 1.807) is 7.11 Å². The highest BCUT2D eigenvalue weighted by atomic mass is 16.5. The minimum Gasteiger partial charge on any atom is -0.496 e. The van der Waals surface area contributed by atoms with E-state index in [1.165, 1.54) is 0 Å². The van der Waals surface area contributed by atoms with Crippen LogP contribution in [0.25, 0.3) is 11.4 Å². The monoisotopic (exact) mass is 341 g/mol. The van der Waals surface area contributed by atoms with Crippen molar-refractivity contribution in [2.24, 2.45) is 0 Å². The van der Waals surface area contributed by atoms with Crippen molar-refractivity contribution >= 4 is 0 Å². The molecule has 3 aromatic rings. The molecule has 0 saturated heterocycles. The third-order valence-electron chi connectivity index (χ3n) is 3.79. The van der Waals surface area contributed by atoms with Gasteiger partial charge in [-0.3, -0.25) is 0 Å². The number of para-hydroxylation sites is 1. The molecule has 0 fully saturated rings. The predicted molar refractivity (Wildman–Crippen MR) is 93.4 cm³/mol. The summed E-state index contributed by atoms with van der Waals surface area (Å²) in [7, 11) is 1.63. The average molecular weight is 341 g/mol. The summed E-state index contributed by atoms with van der Waals surface area (Å²) in [5, 5.41) is 8.57. The standard InChI is InChI=1S/C18H23N5O2/c1-12-19-15(23(21-12)18(2,3)4)10-11-16-20-17(22-25-16)13-8-6-7-9-14(13)24-5/h6-9H,10-11H2,1-5H3. The second kappa shape index (κ2) is 6.66. The van der Waals surface area contributed by atoms with Crippen molar-refractivity contribution in [2.75, 3.05) is 7.11 Å². The molecule has 0 bridgehead atoms. The number of benzene rings is 1.